The molecule has 0 aliphatic carbocycles. The highest BCUT2D eigenvalue weighted by atomic mass is 16.5. The van der Waals surface area contributed by atoms with E-state index in [4.69, 9.17) is 14.2 Å². The standard InChI is InChI=1S/C18H25N5O3/c1-21-12-19-17-16(18(22(21)2)26-10-9-24-3)23(13-20-17)11-14-5-7-15(25-4)8-6-14/h5-8,12-13,18H,9-11H2,1-4H3. The van der Waals surface area contributed by atoms with Gasteiger partial charge in [0.15, 0.2) is 12.0 Å². The molecule has 0 bridgehead atoms. The summed E-state index contributed by atoms with van der Waals surface area (Å²) in [6, 6.07) is 7.99. The lowest BCUT2D eigenvalue weighted by atomic mass is 10.2. The largest absolute Gasteiger partial charge is 0.497 e. The van der Waals surface area contributed by atoms with E-state index in [9.17, 15) is 0 Å². The fourth-order valence-electron chi connectivity index (χ4n) is 2.78. The SMILES string of the molecule is COCCOC1c2c(ncn2Cc2ccc(OC)cc2)N=CN(C)N1C. The van der Waals surface area contributed by atoms with Gasteiger partial charge in [-0.15, -0.1) is 0 Å². The molecule has 1 aromatic heterocycles. The first kappa shape index (κ1) is 18.4. The van der Waals surface area contributed by atoms with Crippen LogP contribution in [0.1, 0.15) is 17.5 Å². The highest BCUT2D eigenvalue weighted by Gasteiger charge is 2.29. The normalized spacial score (nSPS) is 17.2. The number of aromatic nitrogens is 2. The third-order valence-corrected chi connectivity index (χ3v) is 4.35. The van der Waals surface area contributed by atoms with Gasteiger partial charge in [0.05, 0.1) is 26.7 Å². The van der Waals surface area contributed by atoms with Gasteiger partial charge in [0, 0.05) is 27.7 Å². The minimum Gasteiger partial charge on any atom is -0.497 e. The van der Waals surface area contributed by atoms with Crippen LogP contribution in [0.2, 0.25) is 0 Å². The van der Waals surface area contributed by atoms with Crippen molar-refractivity contribution >= 4 is 12.2 Å². The van der Waals surface area contributed by atoms with E-state index in [0.717, 1.165) is 17.0 Å². The lowest BCUT2D eigenvalue weighted by molar-refractivity contribution is -0.125. The van der Waals surface area contributed by atoms with E-state index in [1.54, 1.807) is 26.9 Å². The van der Waals surface area contributed by atoms with Crippen molar-refractivity contribution < 1.29 is 14.2 Å². The Labute approximate surface area is 153 Å². The molecule has 3 rings (SSSR count). The Hall–Kier alpha value is -2.42. The van der Waals surface area contributed by atoms with Crippen LogP contribution in [0.25, 0.3) is 0 Å². The van der Waals surface area contributed by atoms with Crippen LogP contribution in [0.4, 0.5) is 5.82 Å². The van der Waals surface area contributed by atoms with Crippen LogP contribution < -0.4 is 4.74 Å². The molecule has 0 N–H and O–H groups in total. The van der Waals surface area contributed by atoms with Crippen LogP contribution in [0.3, 0.4) is 0 Å². The smallest absolute Gasteiger partial charge is 0.179 e. The van der Waals surface area contributed by atoms with Crippen molar-refractivity contribution in [2.75, 3.05) is 41.5 Å². The molecule has 0 radical (unpaired) electrons. The zero-order valence-corrected chi connectivity index (χ0v) is 15.6. The second-order valence-electron chi connectivity index (χ2n) is 6.04. The Kier molecular flexibility index (Phi) is 5.87. The van der Waals surface area contributed by atoms with Gasteiger partial charge < -0.3 is 18.8 Å². The van der Waals surface area contributed by atoms with Crippen molar-refractivity contribution in [1.29, 1.82) is 0 Å². The lowest BCUT2D eigenvalue weighted by Gasteiger charge is -2.32. The molecule has 2 heterocycles. The summed E-state index contributed by atoms with van der Waals surface area (Å²) in [5.74, 6) is 1.50. The maximum atomic E-state index is 6.08. The first-order valence-electron chi connectivity index (χ1n) is 8.42. The Bertz CT molecular complexity index is 744. The minimum absolute atomic E-state index is 0.312. The summed E-state index contributed by atoms with van der Waals surface area (Å²) in [5, 5.41) is 3.87. The summed E-state index contributed by atoms with van der Waals surface area (Å²) >= 11 is 0. The van der Waals surface area contributed by atoms with E-state index in [2.05, 4.69) is 14.5 Å². The van der Waals surface area contributed by atoms with Gasteiger partial charge in [-0.25, -0.2) is 9.98 Å². The molecule has 1 aromatic carbocycles. The Balaban J connectivity index is 1.89. The molecule has 140 valence electrons. The summed E-state index contributed by atoms with van der Waals surface area (Å²) in [5.41, 5.74) is 2.06. The van der Waals surface area contributed by atoms with Crippen LogP contribution in [0.15, 0.2) is 35.6 Å². The maximum Gasteiger partial charge on any atom is 0.179 e. The average Bonchev–Trinajstić information content (AvgIpc) is 3.00. The fourth-order valence-corrected chi connectivity index (χ4v) is 2.78. The number of benzene rings is 1. The third-order valence-electron chi connectivity index (χ3n) is 4.35. The average molecular weight is 359 g/mol. The number of ether oxygens (including phenoxy) is 3. The van der Waals surface area contributed by atoms with Crippen molar-refractivity contribution in [2.24, 2.45) is 4.99 Å². The highest BCUT2D eigenvalue weighted by Crippen LogP contribution is 2.32. The van der Waals surface area contributed by atoms with Gasteiger partial charge >= 0.3 is 0 Å². The molecule has 1 unspecified atom stereocenters. The molecular formula is C18H25N5O3. The number of hydrogen-bond donors (Lipinski definition) is 0. The summed E-state index contributed by atoms with van der Waals surface area (Å²) in [6.07, 6.45) is 3.23. The van der Waals surface area contributed by atoms with Crippen molar-refractivity contribution in [3.63, 3.8) is 0 Å². The molecule has 8 heteroatoms. The van der Waals surface area contributed by atoms with E-state index >= 15 is 0 Å². The molecule has 2 aromatic rings. The van der Waals surface area contributed by atoms with E-state index in [1.165, 1.54) is 0 Å². The summed E-state index contributed by atoms with van der Waals surface area (Å²) < 4.78 is 18.5. The molecule has 1 aliphatic rings. The van der Waals surface area contributed by atoms with Crippen molar-refractivity contribution in [3.05, 3.63) is 41.9 Å². The number of hydrazine groups is 1. The maximum absolute atomic E-state index is 6.08. The second kappa shape index (κ2) is 8.31. The summed E-state index contributed by atoms with van der Waals surface area (Å²) in [7, 11) is 7.21. The van der Waals surface area contributed by atoms with Gasteiger partial charge in [0.2, 0.25) is 0 Å². The van der Waals surface area contributed by atoms with Gasteiger partial charge in [-0.05, 0) is 17.7 Å². The molecule has 8 nitrogen and oxygen atoms in total. The van der Waals surface area contributed by atoms with Crippen molar-refractivity contribution in [1.82, 2.24) is 19.6 Å². The number of nitrogens with zero attached hydrogens (tertiary/aromatic N) is 5. The summed E-state index contributed by atoms with van der Waals surface area (Å²) in [4.78, 5) is 8.95. The van der Waals surface area contributed by atoms with Crippen molar-refractivity contribution in [2.45, 2.75) is 12.8 Å². The molecule has 0 spiro atoms. The lowest BCUT2D eigenvalue weighted by Crippen LogP contribution is -2.39. The van der Waals surface area contributed by atoms with Gasteiger partial charge in [-0.3, -0.25) is 5.01 Å². The van der Waals surface area contributed by atoms with Crippen LogP contribution in [-0.4, -0.2) is 67.4 Å². The van der Waals surface area contributed by atoms with Gasteiger partial charge in [0.1, 0.15) is 17.8 Å². The van der Waals surface area contributed by atoms with Gasteiger partial charge in [-0.2, -0.15) is 5.01 Å². The number of imidazole rings is 1. The molecule has 26 heavy (non-hydrogen) atoms. The number of fused-ring (bicyclic) bond motifs is 1. The number of aliphatic imine (C=N–C) groups is 1. The Morgan fingerprint density at radius 2 is 1.85 bits per heavy atom. The predicted octanol–water partition coefficient (Wildman–Crippen LogP) is 2.05. The predicted molar refractivity (Wildman–Crippen MR) is 98.6 cm³/mol. The molecular weight excluding hydrogens is 334 g/mol. The molecule has 0 saturated carbocycles. The Morgan fingerprint density at radius 3 is 2.54 bits per heavy atom. The van der Waals surface area contributed by atoms with E-state index in [-0.39, 0.29) is 6.23 Å². The zero-order valence-electron chi connectivity index (χ0n) is 15.6. The zero-order chi connectivity index (χ0) is 18.5. The van der Waals surface area contributed by atoms with Crippen LogP contribution >= 0.6 is 0 Å². The number of hydrogen-bond acceptors (Lipinski definition) is 7. The fraction of sp³-hybridized carbons (Fsp3) is 0.444. The number of methoxy groups -OCH3 is 2. The first-order chi connectivity index (χ1) is 12.6. The van der Waals surface area contributed by atoms with Gasteiger partial charge in [-0.1, -0.05) is 12.1 Å². The van der Waals surface area contributed by atoms with E-state index < -0.39 is 0 Å². The molecule has 0 saturated heterocycles. The topological polar surface area (TPSA) is 64.4 Å². The van der Waals surface area contributed by atoms with E-state index in [1.807, 2.05) is 48.4 Å². The van der Waals surface area contributed by atoms with Crippen molar-refractivity contribution in [3.8, 4) is 5.75 Å². The molecule has 1 aliphatic heterocycles. The first-order valence-corrected chi connectivity index (χ1v) is 8.42. The molecule has 0 fully saturated rings. The summed E-state index contributed by atoms with van der Waals surface area (Å²) in [6.45, 7) is 1.67. The Morgan fingerprint density at radius 1 is 1.08 bits per heavy atom. The third kappa shape index (κ3) is 3.87. The second-order valence-corrected chi connectivity index (χ2v) is 6.04. The molecule has 1 atom stereocenters. The molecule has 0 amide bonds. The minimum atomic E-state index is -0.312. The van der Waals surface area contributed by atoms with Gasteiger partial charge in [0.25, 0.3) is 0 Å². The quantitative estimate of drug-likeness (QED) is 0.705. The van der Waals surface area contributed by atoms with Crippen LogP contribution in [0.5, 0.6) is 5.75 Å². The van der Waals surface area contributed by atoms with Crippen LogP contribution in [0, 0.1) is 0 Å². The van der Waals surface area contributed by atoms with E-state index in [0.29, 0.717) is 25.6 Å². The number of rotatable bonds is 7. The highest BCUT2D eigenvalue weighted by molar-refractivity contribution is 5.61. The van der Waals surface area contributed by atoms with Crippen LogP contribution in [-0.2, 0) is 16.0 Å². The monoisotopic (exact) mass is 359 g/mol.